The first kappa shape index (κ1) is 34.3. The lowest BCUT2D eigenvalue weighted by atomic mass is 10.0. The molecule has 3 aromatic rings. The minimum atomic E-state index is -3.88. The van der Waals surface area contributed by atoms with Gasteiger partial charge in [0.25, 0.3) is 0 Å². The Hall–Kier alpha value is -3.21. The molecule has 3 rings (SSSR count). The molecule has 0 radical (unpaired) electrons. The van der Waals surface area contributed by atoms with E-state index in [0.717, 1.165) is 34.3 Å². The quantitative estimate of drug-likeness (QED) is 0.223. The Bertz CT molecular complexity index is 1520. The predicted octanol–water partition coefficient (Wildman–Crippen LogP) is 6.23. The number of carbonyl (C=O) groups excluding carboxylic acids is 2. The molecule has 3 aromatic carbocycles. The summed E-state index contributed by atoms with van der Waals surface area (Å²) in [6, 6.07) is 16.1. The van der Waals surface area contributed by atoms with Gasteiger partial charge in [-0.25, -0.2) is 17.2 Å². The number of benzene rings is 3. The minimum Gasteiger partial charge on any atom is -0.354 e. The lowest BCUT2D eigenvalue weighted by Gasteiger charge is -2.32. The summed E-state index contributed by atoms with van der Waals surface area (Å²) in [6.07, 6.45) is 1.08. The summed E-state index contributed by atoms with van der Waals surface area (Å²) in [5.74, 6) is -2.87. The fraction of sp³-hybridized carbons (Fsp3) is 0.355. The van der Waals surface area contributed by atoms with E-state index in [2.05, 4.69) is 5.32 Å². The molecular weight excluding hydrogens is 619 g/mol. The molecule has 0 fully saturated rings. The van der Waals surface area contributed by atoms with E-state index < -0.39 is 33.6 Å². The molecule has 0 aromatic heterocycles. The van der Waals surface area contributed by atoms with Crippen molar-refractivity contribution in [3.8, 4) is 0 Å². The molecule has 1 unspecified atom stereocenters. The van der Waals surface area contributed by atoms with Crippen LogP contribution >= 0.6 is 23.2 Å². The normalized spacial score (nSPS) is 12.2. The zero-order chi connectivity index (χ0) is 31.7. The van der Waals surface area contributed by atoms with Crippen molar-refractivity contribution in [1.82, 2.24) is 10.2 Å². The molecular formula is C31H35Cl2F2N3O4S. The molecule has 0 aliphatic carbocycles. The first-order valence-electron chi connectivity index (χ1n) is 13.7. The molecule has 1 atom stereocenters. The second-order valence-electron chi connectivity index (χ2n) is 10.6. The maximum atomic E-state index is 13.9. The van der Waals surface area contributed by atoms with Crippen molar-refractivity contribution in [2.24, 2.45) is 5.92 Å². The summed E-state index contributed by atoms with van der Waals surface area (Å²) in [4.78, 5) is 28.9. The SMILES string of the molecule is CC(C)CNC(=O)C(Cc1ccccc1)N(Cc1ccc(Cl)cc1Cl)C(=O)CCCN(c1ccc(F)c(F)c1)S(C)(=O)=O. The molecule has 0 bridgehead atoms. The molecule has 2 amide bonds. The van der Waals surface area contributed by atoms with Gasteiger partial charge in [-0.1, -0.05) is 73.4 Å². The van der Waals surface area contributed by atoms with Crippen LogP contribution in [0.5, 0.6) is 0 Å². The lowest BCUT2D eigenvalue weighted by molar-refractivity contribution is -0.141. The average Bonchev–Trinajstić information content (AvgIpc) is 2.94. The highest BCUT2D eigenvalue weighted by molar-refractivity contribution is 7.92. The minimum absolute atomic E-state index is 0.000395. The highest BCUT2D eigenvalue weighted by Crippen LogP contribution is 2.25. The highest BCUT2D eigenvalue weighted by Gasteiger charge is 2.31. The van der Waals surface area contributed by atoms with Crippen LogP contribution in [0.4, 0.5) is 14.5 Å². The molecule has 232 valence electrons. The number of nitrogens with one attached hydrogen (secondary N) is 1. The second-order valence-corrected chi connectivity index (χ2v) is 13.4. The van der Waals surface area contributed by atoms with Gasteiger partial charge >= 0.3 is 0 Å². The number of rotatable bonds is 14. The van der Waals surface area contributed by atoms with E-state index >= 15 is 0 Å². The Morgan fingerprint density at radius 2 is 1.65 bits per heavy atom. The molecule has 1 N–H and O–H groups in total. The zero-order valence-corrected chi connectivity index (χ0v) is 26.5. The van der Waals surface area contributed by atoms with Crippen molar-refractivity contribution in [3.63, 3.8) is 0 Å². The summed E-state index contributed by atoms with van der Waals surface area (Å²) in [7, 11) is -3.88. The molecule has 12 heteroatoms. The summed E-state index contributed by atoms with van der Waals surface area (Å²) >= 11 is 12.5. The van der Waals surface area contributed by atoms with Crippen molar-refractivity contribution in [1.29, 1.82) is 0 Å². The highest BCUT2D eigenvalue weighted by atomic mass is 35.5. The Morgan fingerprint density at radius 3 is 2.26 bits per heavy atom. The van der Waals surface area contributed by atoms with Crippen molar-refractivity contribution >= 4 is 50.7 Å². The number of hydrogen-bond acceptors (Lipinski definition) is 4. The third kappa shape index (κ3) is 10.2. The number of nitrogens with zero attached hydrogens (tertiary/aromatic N) is 2. The summed E-state index contributed by atoms with van der Waals surface area (Å²) in [6.45, 7) is 4.16. The Kier molecular flexibility index (Phi) is 12.4. The van der Waals surface area contributed by atoms with E-state index in [0.29, 0.717) is 22.2 Å². The largest absolute Gasteiger partial charge is 0.354 e. The van der Waals surface area contributed by atoms with Gasteiger partial charge in [0.2, 0.25) is 21.8 Å². The monoisotopic (exact) mass is 653 g/mol. The van der Waals surface area contributed by atoms with E-state index in [1.165, 1.54) is 4.90 Å². The van der Waals surface area contributed by atoms with E-state index in [1.54, 1.807) is 18.2 Å². The molecule has 0 aliphatic rings. The first-order valence-corrected chi connectivity index (χ1v) is 16.3. The standard InChI is InChI=1S/C31H35Cl2F2N3O4S/c1-21(2)19-36-31(40)29(16-22-8-5-4-6-9-22)37(20-23-11-12-24(32)17-26(23)33)30(39)10-7-15-38(43(3,41)42)25-13-14-27(34)28(35)18-25/h4-6,8-9,11-14,17-18,21,29H,7,10,15-16,19-20H2,1-3H3,(H,36,40). The average molecular weight is 655 g/mol. The van der Waals surface area contributed by atoms with Crippen LogP contribution in [-0.2, 0) is 32.6 Å². The summed E-state index contributed by atoms with van der Waals surface area (Å²) in [5, 5.41) is 3.68. The van der Waals surface area contributed by atoms with Gasteiger partial charge in [0.15, 0.2) is 11.6 Å². The molecule has 43 heavy (non-hydrogen) atoms. The molecule has 0 saturated carbocycles. The third-order valence-electron chi connectivity index (χ3n) is 6.65. The topological polar surface area (TPSA) is 86.8 Å². The van der Waals surface area contributed by atoms with Gasteiger partial charge in [0.05, 0.1) is 11.9 Å². The van der Waals surface area contributed by atoms with Crippen LogP contribution in [0, 0.1) is 17.6 Å². The number of anilines is 1. The predicted molar refractivity (Wildman–Crippen MR) is 167 cm³/mol. The van der Waals surface area contributed by atoms with Gasteiger partial charge in [-0.15, -0.1) is 0 Å². The van der Waals surface area contributed by atoms with Crippen LogP contribution in [0.25, 0.3) is 0 Å². The number of amides is 2. The van der Waals surface area contributed by atoms with Crippen molar-refractivity contribution in [3.05, 3.63) is 99.5 Å². The van der Waals surface area contributed by atoms with Gasteiger partial charge < -0.3 is 10.2 Å². The molecule has 0 heterocycles. The summed E-state index contributed by atoms with van der Waals surface area (Å²) in [5.41, 5.74) is 1.36. The Morgan fingerprint density at radius 1 is 0.953 bits per heavy atom. The molecule has 7 nitrogen and oxygen atoms in total. The van der Waals surface area contributed by atoms with Crippen LogP contribution < -0.4 is 9.62 Å². The van der Waals surface area contributed by atoms with Crippen molar-refractivity contribution in [2.45, 2.75) is 45.7 Å². The van der Waals surface area contributed by atoms with Crippen LogP contribution in [0.1, 0.15) is 37.8 Å². The number of sulfonamides is 1. The second kappa shape index (κ2) is 15.5. The van der Waals surface area contributed by atoms with E-state index in [9.17, 15) is 26.8 Å². The maximum Gasteiger partial charge on any atom is 0.243 e. The first-order chi connectivity index (χ1) is 20.3. The van der Waals surface area contributed by atoms with Crippen LogP contribution in [-0.4, -0.2) is 50.5 Å². The van der Waals surface area contributed by atoms with E-state index in [-0.39, 0.29) is 49.9 Å². The van der Waals surface area contributed by atoms with Gasteiger partial charge in [-0.2, -0.15) is 0 Å². The van der Waals surface area contributed by atoms with Gasteiger partial charge in [0.1, 0.15) is 6.04 Å². The van der Waals surface area contributed by atoms with E-state index in [1.807, 2.05) is 44.2 Å². The Labute approximate surface area is 261 Å². The lowest BCUT2D eigenvalue weighted by Crippen LogP contribution is -2.51. The fourth-order valence-corrected chi connectivity index (χ4v) is 5.88. The van der Waals surface area contributed by atoms with E-state index in [4.69, 9.17) is 23.2 Å². The van der Waals surface area contributed by atoms with Crippen molar-refractivity contribution in [2.75, 3.05) is 23.7 Å². The van der Waals surface area contributed by atoms with Gasteiger partial charge in [-0.05, 0) is 47.7 Å². The number of hydrogen-bond donors (Lipinski definition) is 1. The number of halogens is 4. The number of carbonyl (C=O) groups is 2. The maximum absolute atomic E-state index is 13.9. The third-order valence-corrected chi connectivity index (χ3v) is 8.44. The smallest absolute Gasteiger partial charge is 0.243 e. The molecule has 0 aliphatic heterocycles. The molecule has 0 saturated heterocycles. The fourth-order valence-electron chi connectivity index (χ4n) is 4.45. The van der Waals surface area contributed by atoms with Crippen LogP contribution in [0.2, 0.25) is 10.0 Å². The van der Waals surface area contributed by atoms with Crippen LogP contribution in [0.3, 0.4) is 0 Å². The van der Waals surface area contributed by atoms with Gasteiger partial charge in [0, 0.05) is 48.6 Å². The van der Waals surface area contributed by atoms with Crippen LogP contribution in [0.15, 0.2) is 66.7 Å². The Balaban J connectivity index is 1.92. The zero-order valence-electron chi connectivity index (χ0n) is 24.2. The van der Waals surface area contributed by atoms with Gasteiger partial charge in [-0.3, -0.25) is 13.9 Å². The molecule has 0 spiro atoms. The summed E-state index contributed by atoms with van der Waals surface area (Å²) < 4.78 is 53.3. The van der Waals surface area contributed by atoms with Crippen molar-refractivity contribution < 1.29 is 26.8 Å².